The van der Waals surface area contributed by atoms with Crippen LogP contribution in [0.2, 0.25) is 0 Å². The monoisotopic (exact) mass is 607 g/mol. The minimum atomic E-state index is 0.696. The summed E-state index contributed by atoms with van der Waals surface area (Å²) in [4.78, 5) is 8.82. The zero-order chi connectivity index (χ0) is 24.6. The number of hydrogen-bond acceptors (Lipinski definition) is 3. The summed E-state index contributed by atoms with van der Waals surface area (Å²) in [5.41, 5.74) is 13.5. The predicted octanol–water partition coefficient (Wildman–Crippen LogP) is 8.86. The summed E-state index contributed by atoms with van der Waals surface area (Å²) in [6.07, 6.45) is 2.71. The fourth-order valence-electron chi connectivity index (χ4n) is 3.73. The van der Waals surface area contributed by atoms with E-state index in [0.29, 0.717) is 5.17 Å². The Labute approximate surface area is 228 Å². The van der Waals surface area contributed by atoms with Gasteiger partial charge in [0.2, 0.25) is 0 Å². The normalized spacial score (nSPS) is 12.8. The molecular formula is C29H24Br2ClN3. The van der Waals surface area contributed by atoms with Crippen LogP contribution < -0.4 is 5.73 Å². The molecule has 6 heteroatoms. The van der Waals surface area contributed by atoms with Crippen molar-refractivity contribution in [2.24, 2.45) is 9.98 Å². The second kappa shape index (κ2) is 12.3. The molecule has 0 unspecified atom stereocenters. The Morgan fingerprint density at radius 3 is 1.77 bits per heavy atom. The Hall–Kier alpha value is -2.73. The molecule has 3 nitrogen and oxygen atoms in total. The fraction of sp³-hybridized carbons (Fsp3) is 0.103. The number of anilines is 1. The molecule has 0 saturated heterocycles. The molecule has 0 bridgehead atoms. The predicted molar refractivity (Wildman–Crippen MR) is 157 cm³/mol. The second-order valence-electron chi connectivity index (χ2n) is 8.07. The van der Waals surface area contributed by atoms with Gasteiger partial charge in [-0.2, -0.15) is 0 Å². The van der Waals surface area contributed by atoms with Gasteiger partial charge in [-0.15, -0.1) is 0 Å². The maximum atomic E-state index is 5.73. The van der Waals surface area contributed by atoms with Gasteiger partial charge in [0, 0.05) is 39.6 Å². The van der Waals surface area contributed by atoms with Gasteiger partial charge < -0.3 is 5.73 Å². The van der Waals surface area contributed by atoms with E-state index in [1.165, 1.54) is 26.9 Å². The Morgan fingerprint density at radius 1 is 0.657 bits per heavy atom. The van der Waals surface area contributed by atoms with Crippen molar-refractivity contribution in [1.82, 2.24) is 0 Å². The highest BCUT2D eigenvalue weighted by Crippen LogP contribution is 2.28. The van der Waals surface area contributed by atoms with Gasteiger partial charge in [0.25, 0.3) is 0 Å². The third-order valence-electron chi connectivity index (χ3n) is 5.49. The quantitative estimate of drug-likeness (QED) is 0.227. The van der Waals surface area contributed by atoms with Crippen molar-refractivity contribution in [3.05, 3.63) is 123 Å². The average Bonchev–Trinajstić information content (AvgIpc) is 3.45. The van der Waals surface area contributed by atoms with Crippen LogP contribution in [0.15, 0.2) is 116 Å². The van der Waals surface area contributed by atoms with Crippen molar-refractivity contribution in [3.8, 4) is 0 Å². The summed E-state index contributed by atoms with van der Waals surface area (Å²) < 4.78 is 2.12. The molecule has 0 fully saturated rings. The molecule has 176 valence electrons. The number of nitrogens with zero attached hydrogens (tertiary/aromatic N) is 2. The molecule has 4 aromatic rings. The highest BCUT2D eigenvalue weighted by atomic mass is 79.9. The van der Waals surface area contributed by atoms with Crippen molar-refractivity contribution in [2.75, 3.05) is 5.73 Å². The molecule has 0 aromatic heterocycles. The molecule has 2 heterocycles. The first-order valence-electron chi connectivity index (χ1n) is 11.2. The van der Waals surface area contributed by atoms with E-state index in [1.54, 1.807) is 0 Å². The van der Waals surface area contributed by atoms with Crippen molar-refractivity contribution in [3.63, 3.8) is 0 Å². The van der Waals surface area contributed by atoms with Gasteiger partial charge in [-0.25, -0.2) is 4.99 Å². The lowest BCUT2D eigenvalue weighted by molar-refractivity contribution is 1.24. The molecule has 6 rings (SSSR count). The third-order valence-corrected chi connectivity index (χ3v) is 7.21. The highest BCUT2D eigenvalue weighted by molar-refractivity contribution is 9.10. The van der Waals surface area contributed by atoms with E-state index in [1.807, 2.05) is 60.7 Å². The zero-order valence-electron chi connectivity index (χ0n) is 19.0. The highest BCUT2D eigenvalue weighted by Gasteiger charge is 2.14. The molecule has 0 saturated carbocycles. The number of fused-ring (bicyclic) bond motifs is 2. The van der Waals surface area contributed by atoms with E-state index in [0.717, 1.165) is 40.8 Å². The number of halogens is 3. The van der Waals surface area contributed by atoms with Crippen LogP contribution in [-0.4, -0.2) is 10.9 Å². The Kier molecular flexibility index (Phi) is 8.91. The minimum absolute atomic E-state index is 0.696. The van der Waals surface area contributed by atoms with Crippen molar-refractivity contribution in [1.29, 1.82) is 0 Å². The van der Waals surface area contributed by atoms with E-state index >= 15 is 0 Å². The molecule has 0 atom stereocenters. The number of rotatable bonds is 2. The number of benzene rings is 4. The van der Waals surface area contributed by atoms with E-state index in [9.17, 15) is 0 Å². The average molecular weight is 610 g/mol. The fourth-order valence-corrected chi connectivity index (χ4v) is 4.68. The maximum Gasteiger partial charge on any atom is 0.111 e. The van der Waals surface area contributed by atoms with Crippen LogP contribution in [0, 0.1) is 0 Å². The molecule has 0 spiro atoms. The SMILES string of the molecule is Brc1ccccc1CC1=Nc2ccccc2C1.ClC1=Nc2ccccc2C1.Nc1ccccc1Br. The first-order chi connectivity index (χ1) is 17.0. The lowest BCUT2D eigenvalue weighted by Gasteiger charge is -2.03. The van der Waals surface area contributed by atoms with E-state index in [4.69, 9.17) is 17.3 Å². The largest absolute Gasteiger partial charge is 0.398 e. The van der Waals surface area contributed by atoms with Crippen molar-refractivity contribution in [2.45, 2.75) is 19.3 Å². The lowest BCUT2D eigenvalue weighted by atomic mass is 10.0. The molecular weight excluding hydrogens is 586 g/mol. The van der Waals surface area contributed by atoms with Gasteiger partial charge in [0.05, 0.1) is 11.4 Å². The number of para-hydroxylation sites is 3. The van der Waals surface area contributed by atoms with E-state index < -0.39 is 0 Å². The summed E-state index contributed by atoms with van der Waals surface area (Å²) in [6, 6.07) is 32.3. The number of nitrogens with two attached hydrogens (primary N) is 1. The van der Waals surface area contributed by atoms with Crippen LogP contribution >= 0.6 is 43.5 Å². The summed E-state index contributed by atoms with van der Waals surface area (Å²) in [5, 5.41) is 0.696. The Morgan fingerprint density at radius 2 is 1.20 bits per heavy atom. The summed E-state index contributed by atoms with van der Waals surface area (Å²) in [5.74, 6) is 0. The van der Waals surface area contributed by atoms with Crippen LogP contribution in [0.3, 0.4) is 0 Å². The van der Waals surface area contributed by atoms with Crippen LogP contribution in [0.5, 0.6) is 0 Å². The standard InChI is InChI=1S/C15H12BrN.C8H6ClN.C6H6BrN/c16-14-7-3-1-5-11(14)9-13-10-12-6-2-4-8-15(12)17-13;9-8-5-6-3-1-2-4-7(6)10-8;7-5-3-1-2-4-6(5)8/h1-8H,9-10H2;1-4H,5H2;1-4H,8H2. The van der Waals surface area contributed by atoms with Crippen LogP contribution in [0.4, 0.5) is 17.1 Å². The van der Waals surface area contributed by atoms with Crippen LogP contribution in [0.25, 0.3) is 0 Å². The smallest absolute Gasteiger partial charge is 0.111 e. The Balaban J connectivity index is 0.000000136. The number of aliphatic imine (C=N–C) groups is 2. The molecule has 35 heavy (non-hydrogen) atoms. The van der Waals surface area contributed by atoms with Crippen LogP contribution in [0.1, 0.15) is 16.7 Å². The molecule has 2 aliphatic heterocycles. The molecule has 0 aliphatic carbocycles. The van der Waals surface area contributed by atoms with Gasteiger partial charge in [-0.3, -0.25) is 4.99 Å². The number of nitrogen functional groups attached to an aromatic ring is 1. The first-order valence-corrected chi connectivity index (χ1v) is 13.1. The van der Waals surface area contributed by atoms with Gasteiger partial charge in [-0.05, 0) is 63.0 Å². The van der Waals surface area contributed by atoms with Crippen molar-refractivity contribution < 1.29 is 0 Å². The lowest BCUT2D eigenvalue weighted by Crippen LogP contribution is -2.03. The first kappa shape index (κ1) is 25.4. The molecule has 2 aliphatic rings. The van der Waals surface area contributed by atoms with Gasteiger partial charge in [0.1, 0.15) is 5.17 Å². The third kappa shape index (κ3) is 7.14. The van der Waals surface area contributed by atoms with Gasteiger partial charge in [0.15, 0.2) is 0 Å². The summed E-state index contributed by atoms with van der Waals surface area (Å²) in [7, 11) is 0. The van der Waals surface area contributed by atoms with Gasteiger partial charge >= 0.3 is 0 Å². The second-order valence-corrected chi connectivity index (χ2v) is 10.2. The summed E-state index contributed by atoms with van der Waals surface area (Å²) >= 11 is 12.6. The van der Waals surface area contributed by atoms with E-state index in [2.05, 4.69) is 78.2 Å². The summed E-state index contributed by atoms with van der Waals surface area (Å²) in [6.45, 7) is 0. The van der Waals surface area contributed by atoms with Gasteiger partial charge in [-0.1, -0.05) is 94.3 Å². The van der Waals surface area contributed by atoms with Crippen LogP contribution in [-0.2, 0) is 19.3 Å². The molecule has 4 aromatic carbocycles. The maximum absolute atomic E-state index is 5.73. The minimum Gasteiger partial charge on any atom is -0.398 e. The van der Waals surface area contributed by atoms with Crippen molar-refractivity contribution >= 4 is 71.4 Å². The topological polar surface area (TPSA) is 50.7 Å². The number of hydrogen-bond donors (Lipinski definition) is 1. The van der Waals surface area contributed by atoms with E-state index in [-0.39, 0.29) is 0 Å². The Bertz CT molecular complexity index is 1360. The molecule has 0 amide bonds. The molecule has 0 radical (unpaired) electrons. The zero-order valence-corrected chi connectivity index (χ0v) is 22.9. The molecule has 2 N–H and O–H groups in total.